The molecule has 1 saturated carbocycles. The number of likely N-dealkylation sites (tertiary alicyclic amines) is 1. The van der Waals surface area contributed by atoms with Crippen molar-refractivity contribution >= 4 is 8.32 Å². The number of nitrogens with zero attached hydrogens (tertiary/aromatic N) is 1. The van der Waals surface area contributed by atoms with Crippen molar-refractivity contribution in [1.29, 1.82) is 0 Å². The zero-order valence-corrected chi connectivity index (χ0v) is 20.0. The van der Waals surface area contributed by atoms with Gasteiger partial charge in [0.2, 0.25) is 0 Å². The van der Waals surface area contributed by atoms with Crippen molar-refractivity contribution in [3.05, 3.63) is 0 Å². The summed E-state index contributed by atoms with van der Waals surface area (Å²) >= 11 is 0. The van der Waals surface area contributed by atoms with E-state index in [1.165, 1.54) is 32.4 Å². The molecule has 0 bridgehead atoms. The van der Waals surface area contributed by atoms with Crippen LogP contribution in [-0.4, -0.2) is 56.4 Å². The molecule has 0 aromatic rings. The SMILES string of the molecule is CC[C@H]1CC(O[Si](C)(C)C(C)(C)C)[C@H](N2CCCCC2)C2OC(C)(C)O[C@H]21. The van der Waals surface area contributed by atoms with Gasteiger partial charge in [0, 0.05) is 0 Å². The highest BCUT2D eigenvalue weighted by Crippen LogP contribution is 2.46. The molecule has 5 atom stereocenters. The Bertz CT molecular complexity index is 510. The van der Waals surface area contributed by atoms with Gasteiger partial charge in [0.15, 0.2) is 14.1 Å². The molecule has 0 amide bonds. The Morgan fingerprint density at radius 2 is 1.63 bits per heavy atom. The standard InChI is InChI=1S/C22H43NO3Si/c1-9-16-15-17(26-27(7,8)21(2,3)4)18(23-13-11-10-12-14-23)20-19(16)24-22(5,6)25-20/h16-20H,9-15H2,1-8H3/t16-,17?,18-,19-,20?/m0/s1. The van der Waals surface area contributed by atoms with Crippen molar-refractivity contribution in [2.75, 3.05) is 13.1 Å². The molecule has 0 spiro atoms. The lowest BCUT2D eigenvalue weighted by molar-refractivity contribution is -0.154. The summed E-state index contributed by atoms with van der Waals surface area (Å²) in [4.78, 5) is 2.68. The fourth-order valence-corrected chi connectivity index (χ4v) is 6.31. The zero-order valence-electron chi connectivity index (χ0n) is 19.0. The summed E-state index contributed by atoms with van der Waals surface area (Å²) in [6.45, 7) is 20.6. The summed E-state index contributed by atoms with van der Waals surface area (Å²) in [7, 11) is -1.84. The molecule has 0 aromatic carbocycles. The van der Waals surface area contributed by atoms with E-state index in [0.717, 1.165) is 12.8 Å². The van der Waals surface area contributed by atoms with E-state index in [1.54, 1.807) is 0 Å². The highest BCUT2D eigenvalue weighted by Gasteiger charge is 2.56. The molecule has 0 aromatic heterocycles. The van der Waals surface area contributed by atoms with E-state index >= 15 is 0 Å². The predicted octanol–water partition coefficient (Wildman–Crippen LogP) is 5.18. The molecular formula is C22H43NO3Si. The summed E-state index contributed by atoms with van der Waals surface area (Å²) in [6, 6.07) is 0.328. The lowest BCUT2D eigenvalue weighted by atomic mass is 9.77. The molecule has 1 aliphatic carbocycles. The van der Waals surface area contributed by atoms with Crippen molar-refractivity contribution in [2.24, 2.45) is 5.92 Å². The topological polar surface area (TPSA) is 30.9 Å². The second kappa shape index (κ2) is 7.71. The van der Waals surface area contributed by atoms with Crippen LogP contribution in [0.5, 0.6) is 0 Å². The van der Waals surface area contributed by atoms with Gasteiger partial charge in [-0.2, -0.15) is 0 Å². The smallest absolute Gasteiger partial charge is 0.192 e. The van der Waals surface area contributed by atoms with Gasteiger partial charge in [0.05, 0.1) is 18.2 Å². The monoisotopic (exact) mass is 397 g/mol. The van der Waals surface area contributed by atoms with Gasteiger partial charge in [-0.3, -0.25) is 4.90 Å². The van der Waals surface area contributed by atoms with Crippen LogP contribution in [0.3, 0.4) is 0 Å². The summed E-state index contributed by atoms with van der Waals surface area (Å²) in [5.74, 6) is 0.0374. The normalized spacial score (nSPS) is 38.0. The van der Waals surface area contributed by atoms with Crippen LogP contribution < -0.4 is 0 Å². The molecule has 2 aliphatic heterocycles. The molecule has 3 aliphatic rings. The predicted molar refractivity (Wildman–Crippen MR) is 114 cm³/mol. The fraction of sp³-hybridized carbons (Fsp3) is 1.00. The molecule has 2 saturated heterocycles. The van der Waals surface area contributed by atoms with Gasteiger partial charge in [0.25, 0.3) is 0 Å². The first-order valence-electron chi connectivity index (χ1n) is 11.2. The van der Waals surface area contributed by atoms with Gasteiger partial charge >= 0.3 is 0 Å². The molecule has 158 valence electrons. The Labute approximate surface area is 168 Å². The van der Waals surface area contributed by atoms with Gasteiger partial charge in [-0.25, -0.2) is 0 Å². The van der Waals surface area contributed by atoms with Gasteiger partial charge in [0.1, 0.15) is 6.10 Å². The fourth-order valence-electron chi connectivity index (χ4n) is 4.96. The maximum atomic E-state index is 7.08. The van der Waals surface area contributed by atoms with E-state index in [0.29, 0.717) is 12.0 Å². The molecule has 4 nitrogen and oxygen atoms in total. The van der Waals surface area contributed by atoms with Crippen molar-refractivity contribution < 1.29 is 13.9 Å². The highest BCUT2D eigenvalue weighted by atomic mass is 28.4. The number of piperidine rings is 1. The summed E-state index contributed by atoms with van der Waals surface area (Å²) in [6.07, 6.45) is 6.76. The van der Waals surface area contributed by atoms with Crippen LogP contribution in [-0.2, 0) is 13.9 Å². The van der Waals surface area contributed by atoms with E-state index in [2.05, 4.69) is 59.5 Å². The Morgan fingerprint density at radius 3 is 2.19 bits per heavy atom. The van der Waals surface area contributed by atoms with Crippen LogP contribution in [0.4, 0.5) is 0 Å². The van der Waals surface area contributed by atoms with Crippen molar-refractivity contribution in [3.63, 3.8) is 0 Å². The van der Waals surface area contributed by atoms with E-state index in [4.69, 9.17) is 13.9 Å². The van der Waals surface area contributed by atoms with Crippen LogP contribution >= 0.6 is 0 Å². The van der Waals surface area contributed by atoms with Gasteiger partial charge in [-0.1, -0.05) is 40.5 Å². The highest BCUT2D eigenvalue weighted by molar-refractivity contribution is 6.74. The average molecular weight is 398 g/mol. The summed E-state index contributed by atoms with van der Waals surface area (Å²) in [5.41, 5.74) is 0. The molecular weight excluding hydrogens is 354 g/mol. The molecule has 0 N–H and O–H groups in total. The third-order valence-electron chi connectivity index (χ3n) is 7.47. The molecule has 27 heavy (non-hydrogen) atoms. The minimum Gasteiger partial charge on any atom is -0.412 e. The van der Waals surface area contributed by atoms with Gasteiger partial charge in [-0.05, 0) is 70.2 Å². The molecule has 3 rings (SSSR count). The number of ether oxygens (including phenoxy) is 2. The van der Waals surface area contributed by atoms with Crippen molar-refractivity contribution in [1.82, 2.24) is 4.90 Å². The lowest BCUT2D eigenvalue weighted by Crippen LogP contribution is -2.63. The second-order valence-corrected chi connectivity index (χ2v) is 15.7. The van der Waals surface area contributed by atoms with Gasteiger partial charge in [-0.15, -0.1) is 0 Å². The second-order valence-electron chi connectivity index (χ2n) is 11.0. The van der Waals surface area contributed by atoms with Gasteiger partial charge < -0.3 is 13.9 Å². The Morgan fingerprint density at radius 1 is 1.04 bits per heavy atom. The largest absolute Gasteiger partial charge is 0.412 e. The first kappa shape index (κ1) is 21.8. The summed E-state index contributed by atoms with van der Waals surface area (Å²) in [5, 5.41) is 0.226. The van der Waals surface area contributed by atoms with Crippen molar-refractivity contribution in [3.8, 4) is 0 Å². The Balaban J connectivity index is 1.91. The van der Waals surface area contributed by atoms with Crippen molar-refractivity contribution in [2.45, 2.75) is 122 Å². The molecule has 3 fully saturated rings. The molecule has 0 radical (unpaired) electrons. The first-order chi connectivity index (χ1) is 12.5. The van der Waals surface area contributed by atoms with Crippen LogP contribution in [0.25, 0.3) is 0 Å². The molecule has 2 unspecified atom stereocenters. The third kappa shape index (κ3) is 4.47. The molecule has 2 heterocycles. The van der Waals surface area contributed by atoms with E-state index < -0.39 is 14.1 Å². The quantitative estimate of drug-likeness (QED) is 0.612. The maximum absolute atomic E-state index is 7.08. The lowest BCUT2D eigenvalue weighted by Gasteiger charge is -2.51. The zero-order chi connectivity index (χ0) is 20.0. The number of hydrogen-bond acceptors (Lipinski definition) is 4. The van der Waals surface area contributed by atoms with E-state index in [1.807, 2.05) is 0 Å². The third-order valence-corrected chi connectivity index (χ3v) is 12.0. The Kier molecular flexibility index (Phi) is 6.22. The average Bonchev–Trinajstić information content (AvgIpc) is 2.88. The van der Waals surface area contributed by atoms with Crippen LogP contribution in [0.2, 0.25) is 18.1 Å². The van der Waals surface area contributed by atoms with Crippen LogP contribution in [0.1, 0.15) is 73.6 Å². The molecule has 5 heteroatoms. The number of fused-ring (bicyclic) bond motifs is 1. The number of hydrogen-bond donors (Lipinski definition) is 0. The van der Waals surface area contributed by atoms with Crippen LogP contribution in [0.15, 0.2) is 0 Å². The minimum atomic E-state index is -1.84. The maximum Gasteiger partial charge on any atom is 0.192 e. The van der Waals surface area contributed by atoms with E-state index in [9.17, 15) is 0 Å². The minimum absolute atomic E-state index is 0.131. The first-order valence-corrected chi connectivity index (χ1v) is 14.1. The summed E-state index contributed by atoms with van der Waals surface area (Å²) < 4.78 is 20.1. The number of rotatable bonds is 4. The van der Waals surface area contributed by atoms with Crippen LogP contribution in [0, 0.1) is 5.92 Å². The Hall–Kier alpha value is 0.0569. The van der Waals surface area contributed by atoms with E-state index in [-0.39, 0.29) is 23.4 Å².